The van der Waals surface area contributed by atoms with Gasteiger partial charge in [0, 0.05) is 14.1 Å². The number of hydrogen-bond donors (Lipinski definition) is 0. The highest BCUT2D eigenvalue weighted by molar-refractivity contribution is 5.88. The van der Waals surface area contributed by atoms with E-state index in [0.29, 0.717) is 16.7 Å². The maximum atomic E-state index is 13.4. The van der Waals surface area contributed by atoms with E-state index < -0.39 is 11.7 Å². The topological polar surface area (TPSA) is 20.3 Å². The van der Waals surface area contributed by atoms with Crippen LogP contribution in [0.25, 0.3) is 22.3 Å². The number of likely N-dealkylation sites (N-methyl/N-ethyl adjacent to an activating group) is 1. The molecular formula is C23H20F3NO. The lowest BCUT2D eigenvalue weighted by atomic mass is 9.89. The normalized spacial score (nSPS) is 11.3. The van der Waals surface area contributed by atoms with Gasteiger partial charge >= 0.3 is 6.18 Å². The number of carbonyl (C=O) groups is 1. The van der Waals surface area contributed by atoms with Gasteiger partial charge in [0.05, 0.1) is 12.0 Å². The first kappa shape index (κ1) is 19.7. The van der Waals surface area contributed by atoms with Gasteiger partial charge in [0.2, 0.25) is 5.91 Å². The van der Waals surface area contributed by atoms with Crippen molar-refractivity contribution in [3.8, 4) is 22.3 Å². The van der Waals surface area contributed by atoms with Crippen LogP contribution in [0, 0.1) is 0 Å². The van der Waals surface area contributed by atoms with Crippen molar-refractivity contribution in [2.45, 2.75) is 12.6 Å². The van der Waals surface area contributed by atoms with Gasteiger partial charge in [-0.3, -0.25) is 4.79 Å². The summed E-state index contributed by atoms with van der Waals surface area (Å²) in [7, 11) is 3.26. The second kappa shape index (κ2) is 7.89. The van der Waals surface area contributed by atoms with Crippen LogP contribution < -0.4 is 0 Å². The molecule has 0 aromatic heterocycles. The first-order valence-corrected chi connectivity index (χ1v) is 8.82. The molecule has 1 amide bonds. The smallest absolute Gasteiger partial charge is 0.349 e. The molecule has 3 aromatic carbocycles. The van der Waals surface area contributed by atoms with E-state index in [2.05, 4.69) is 0 Å². The van der Waals surface area contributed by atoms with Crippen LogP contribution in [0.15, 0.2) is 72.8 Å². The fraction of sp³-hybridized carbons (Fsp3) is 0.174. The molecule has 0 aliphatic heterocycles. The number of alkyl halides is 3. The van der Waals surface area contributed by atoms with Gasteiger partial charge in [0.1, 0.15) is 0 Å². The first-order valence-electron chi connectivity index (χ1n) is 8.82. The van der Waals surface area contributed by atoms with Crippen molar-refractivity contribution in [3.05, 3.63) is 83.9 Å². The highest BCUT2D eigenvalue weighted by atomic mass is 19.4. The molecule has 0 heterocycles. The summed E-state index contributed by atoms with van der Waals surface area (Å²) in [4.78, 5) is 13.7. The van der Waals surface area contributed by atoms with Crippen molar-refractivity contribution in [1.82, 2.24) is 4.90 Å². The molecule has 0 unspecified atom stereocenters. The molecule has 144 valence electrons. The molecule has 0 aliphatic carbocycles. The maximum Gasteiger partial charge on any atom is 0.416 e. The zero-order valence-electron chi connectivity index (χ0n) is 15.6. The molecule has 0 atom stereocenters. The molecule has 0 aliphatic rings. The molecule has 3 aromatic rings. The predicted molar refractivity (Wildman–Crippen MR) is 105 cm³/mol. The zero-order chi connectivity index (χ0) is 20.3. The Morgan fingerprint density at radius 2 is 1.43 bits per heavy atom. The summed E-state index contributed by atoms with van der Waals surface area (Å²) >= 11 is 0. The van der Waals surface area contributed by atoms with Crippen LogP contribution in [0.4, 0.5) is 13.2 Å². The number of rotatable bonds is 4. The molecule has 0 bridgehead atoms. The summed E-state index contributed by atoms with van der Waals surface area (Å²) in [6.07, 6.45) is -4.43. The number of nitrogens with zero attached hydrogens (tertiary/aromatic N) is 1. The van der Waals surface area contributed by atoms with E-state index in [0.717, 1.165) is 23.3 Å². The molecule has 0 fully saturated rings. The summed E-state index contributed by atoms with van der Waals surface area (Å²) in [5.74, 6) is -0.168. The highest BCUT2D eigenvalue weighted by Gasteiger charge is 2.31. The Hall–Kier alpha value is -3.08. The Labute approximate surface area is 162 Å². The molecule has 2 nitrogen and oxygen atoms in total. The number of hydrogen-bond acceptors (Lipinski definition) is 1. The fourth-order valence-corrected chi connectivity index (χ4v) is 3.07. The lowest BCUT2D eigenvalue weighted by molar-refractivity contribution is -0.137. The Bertz CT molecular complexity index is 979. The van der Waals surface area contributed by atoms with Crippen LogP contribution in [0.5, 0.6) is 0 Å². The molecule has 0 saturated carbocycles. The van der Waals surface area contributed by atoms with E-state index in [-0.39, 0.29) is 12.3 Å². The van der Waals surface area contributed by atoms with Crippen molar-refractivity contribution in [1.29, 1.82) is 0 Å². The van der Waals surface area contributed by atoms with E-state index in [9.17, 15) is 18.0 Å². The highest BCUT2D eigenvalue weighted by Crippen LogP contribution is 2.38. The Morgan fingerprint density at radius 1 is 0.821 bits per heavy atom. The second-order valence-corrected chi connectivity index (χ2v) is 6.75. The Kier molecular flexibility index (Phi) is 5.54. The monoisotopic (exact) mass is 383 g/mol. The van der Waals surface area contributed by atoms with Crippen molar-refractivity contribution < 1.29 is 18.0 Å². The van der Waals surface area contributed by atoms with Crippen molar-refractivity contribution in [2.75, 3.05) is 14.1 Å². The van der Waals surface area contributed by atoms with Crippen LogP contribution in [-0.2, 0) is 17.4 Å². The van der Waals surface area contributed by atoms with Crippen LogP contribution in [0.2, 0.25) is 0 Å². The quantitative estimate of drug-likeness (QED) is 0.568. The van der Waals surface area contributed by atoms with Crippen LogP contribution >= 0.6 is 0 Å². The molecule has 28 heavy (non-hydrogen) atoms. The summed E-state index contributed by atoms with van der Waals surface area (Å²) in [6.45, 7) is 0. The van der Waals surface area contributed by atoms with Gasteiger partial charge in [-0.2, -0.15) is 13.2 Å². The maximum absolute atomic E-state index is 13.4. The third kappa shape index (κ3) is 4.25. The van der Waals surface area contributed by atoms with E-state index in [1.54, 1.807) is 26.2 Å². The summed E-state index contributed by atoms with van der Waals surface area (Å²) in [5.41, 5.74) is 2.65. The zero-order valence-corrected chi connectivity index (χ0v) is 15.6. The average molecular weight is 383 g/mol. The molecule has 0 spiro atoms. The van der Waals surface area contributed by atoms with E-state index >= 15 is 0 Å². The second-order valence-electron chi connectivity index (χ2n) is 6.75. The number of halogens is 3. The first-order chi connectivity index (χ1) is 13.3. The molecule has 0 N–H and O–H groups in total. The summed E-state index contributed by atoms with van der Waals surface area (Å²) < 4.78 is 40.1. The van der Waals surface area contributed by atoms with Crippen molar-refractivity contribution in [2.24, 2.45) is 0 Å². The van der Waals surface area contributed by atoms with Crippen molar-refractivity contribution >= 4 is 5.91 Å². The van der Waals surface area contributed by atoms with Gasteiger partial charge in [-0.1, -0.05) is 60.7 Å². The largest absolute Gasteiger partial charge is 0.416 e. The van der Waals surface area contributed by atoms with Gasteiger partial charge in [0.15, 0.2) is 0 Å². The van der Waals surface area contributed by atoms with Crippen LogP contribution in [0.3, 0.4) is 0 Å². The van der Waals surface area contributed by atoms with Gasteiger partial charge in [-0.25, -0.2) is 0 Å². The van der Waals surface area contributed by atoms with E-state index in [1.165, 1.54) is 11.0 Å². The lowest BCUT2D eigenvalue weighted by Gasteiger charge is -2.18. The van der Waals surface area contributed by atoms with Crippen LogP contribution in [0.1, 0.15) is 11.1 Å². The molecule has 5 heteroatoms. The number of carbonyl (C=O) groups excluding carboxylic acids is 1. The molecule has 0 saturated heterocycles. The minimum absolute atomic E-state index is 0.0313. The molecule has 3 rings (SSSR count). The van der Waals surface area contributed by atoms with E-state index in [1.807, 2.05) is 42.5 Å². The lowest BCUT2D eigenvalue weighted by Crippen LogP contribution is -2.23. The third-order valence-electron chi connectivity index (χ3n) is 4.58. The van der Waals surface area contributed by atoms with E-state index in [4.69, 9.17) is 0 Å². The van der Waals surface area contributed by atoms with Gasteiger partial charge in [0.25, 0.3) is 0 Å². The summed E-state index contributed by atoms with van der Waals surface area (Å²) in [6, 6.07) is 20.4. The summed E-state index contributed by atoms with van der Waals surface area (Å²) in [5, 5.41) is 0. The number of amides is 1. The van der Waals surface area contributed by atoms with Gasteiger partial charge < -0.3 is 4.90 Å². The molecular weight excluding hydrogens is 363 g/mol. The standard InChI is InChI=1S/C23H20F3NO/c1-27(2)22(28)14-17-12-13-18(23(24,25)26)15-21(17)20-11-7-6-10-19(20)16-8-4-3-5-9-16/h3-13,15H,14H2,1-2H3. The minimum atomic E-state index is -4.46. The van der Waals surface area contributed by atoms with Crippen molar-refractivity contribution in [3.63, 3.8) is 0 Å². The number of benzene rings is 3. The average Bonchev–Trinajstić information content (AvgIpc) is 2.68. The Morgan fingerprint density at radius 3 is 2.04 bits per heavy atom. The minimum Gasteiger partial charge on any atom is -0.349 e. The van der Waals surface area contributed by atoms with Gasteiger partial charge in [-0.15, -0.1) is 0 Å². The Balaban J connectivity index is 2.21. The third-order valence-corrected chi connectivity index (χ3v) is 4.58. The fourth-order valence-electron chi connectivity index (χ4n) is 3.07. The SMILES string of the molecule is CN(C)C(=O)Cc1ccc(C(F)(F)F)cc1-c1ccccc1-c1ccccc1. The van der Waals surface area contributed by atoms with Gasteiger partial charge in [-0.05, 0) is 39.9 Å². The molecule has 0 radical (unpaired) electrons. The van der Waals surface area contributed by atoms with Crippen LogP contribution in [-0.4, -0.2) is 24.9 Å². The predicted octanol–water partition coefficient (Wildman–Crippen LogP) is 5.67.